The van der Waals surface area contributed by atoms with Gasteiger partial charge in [-0.05, 0) is 38.5 Å². The molecule has 0 spiro atoms. The van der Waals surface area contributed by atoms with Crippen LogP contribution in [0.25, 0.3) is 0 Å². The largest absolute Gasteiger partial charge is 0.196 e. The second-order valence-electron chi connectivity index (χ2n) is 7.17. The summed E-state index contributed by atoms with van der Waals surface area (Å²) in [5.41, 5.74) is -1.67. The van der Waals surface area contributed by atoms with Gasteiger partial charge in [0.25, 0.3) is 0 Å². The van der Waals surface area contributed by atoms with Gasteiger partial charge in [0.05, 0.1) is 12.1 Å². The van der Waals surface area contributed by atoms with E-state index in [-0.39, 0.29) is 0 Å². The van der Waals surface area contributed by atoms with Crippen molar-refractivity contribution in [1.82, 2.24) is 0 Å². The molecule has 0 aliphatic carbocycles. The third kappa shape index (κ3) is 7.55. The highest BCUT2D eigenvalue weighted by Crippen LogP contribution is 2.28. The topological polar surface area (TPSA) is 72.3 Å². The van der Waals surface area contributed by atoms with Crippen molar-refractivity contribution in [3.05, 3.63) is 0 Å². The van der Waals surface area contributed by atoms with E-state index in [1.807, 2.05) is 13.8 Å². The summed E-state index contributed by atoms with van der Waals surface area (Å²) >= 11 is 0. The summed E-state index contributed by atoms with van der Waals surface area (Å²) in [6, 6.07) is 4.55. The van der Waals surface area contributed by atoms with Crippen molar-refractivity contribution in [2.75, 3.05) is 0 Å². The van der Waals surface area contributed by atoms with Gasteiger partial charge in [0.15, 0.2) is 11.1 Å². The highest BCUT2D eigenvalue weighted by Gasteiger charge is 2.30. The molecule has 4 unspecified atom stereocenters. The monoisotopic (exact) mass is 304 g/mol. The summed E-state index contributed by atoms with van der Waals surface area (Å²) in [6.45, 7) is 12.2. The van der Waals surface area contributed by atoms with Crippen molar-refractivity contribution >= 4 is 0 Å². The number of nitrogens with zero attached hydrogens (tertiary/aromatic N) is 4. The van der Waals surface area contributed by atoms with E-state index >= 15 is 0 Å². The Balaban J connectivity index is 4.99. The molecule has 22 heavy (non-hydrogen) atoms. The molecule has 124 valence electrons. The molecule has 0 aromatic heterocycles. The van der Waals surface area contributed by atoms with Gasteiger partial charge in [-0.2, -0.15) is 20.8 Å². The molecule has 0 aliphatic rings. The number of nitriles is 2. The molecule has 0 aromatic carbocycles. The van der Waals surface area contributed by atoms with Gasteiger partial charge in [-0.15, -0.1) is 0 Å². The summed E-state index contributed by atoms with van der Waals surface area (Å²) in [6.07, 6.45) is 5.74. The van der Waals surface area contributed by atoms with Crippen molar-refractivity contribution < 1.29 is 0 Å². The minimum Gasteiger partial charge on any atom is -0.196 e. The van der Waals surface area contributed by atoms with Crippen LogP contribution >= 0.6 is 0 Å². The van der Waals surface area contributed by atoms with E-state index in [1.165, 1.54) is 0 Å². The van der Waals surface area contributed by atoms with Gasteiger partial charge in [0.2, 0.25) is 0 Å². The van der Waals surface area contributed by atoms with E-state index in [2.05, 4.69) is 50.1 Å². The van der Waals surface area contributed by atoms with Gasteiger partial charge >= 0.3 is 0 Å². The van der Waals surface area contributed by atoms with Crippen LogP contribution < -0.4 is 0 Å². The zero-order chi connectivity index (χ0) is 17.2. The molecule has 4 nitrogen and oxygen atoms in total. The quantitative estimate of drug-likeness (QED) is 0.489. The van der Waals surface area contributed by atoms with E-state index in [0.717, 1.165) is 25.7 Å². The van der Waals surface area contributed by atoms with Crippen LogP contribution in [-0.4, -0.2) is 11.1 Å². The summed E-state index contributed by atoms with van der Waals surface area (Å²) < 4.78 is 0. The van der Waals surface area contributed by atoms with Crippen molar-refractivity contribution in [3.8, 4) is 12.1 Å². The Labute approximate surface area is 136 Å². The fraction of sp³-hybridized carbons (Fsp3) is 0.889. The van der Waals surface area contributed by atoms with E-state index in [9.17, 15) is 10.5 Å². The standard InChI is InChI=1S/C18H32N4/c1-7-9-15(3)11-17(5,13-19)21-22-18(6,14-20)12-16(4)10-8-2/h15-16H,7-12H2,1-6H3/b22-21+. The Morgan fingerprint density at radius 2 is 1.14 bits per heavy atom. The molecule has 0 fully saturated rings. The molecule has 4 atom stereocenters. The SMILES string of the molecule is CCCC(C)CC(C)(C#N)/N=N/C(C)(C#N)CC(C)CCC. The molecule has 0 amide bonds. The van der Waals surface area contributed by atoms with Crippen LogP contribution in [0.5, 0.6) is 0 Å². The van der Waals surface area contributed by atoms with Crippen molar-refractivity contribution in [1.29, 1.82) is 10.5 Å². The van der Waals surface area contributed by atoms with E-state index < -0.39 is 11.1 Å². The molecule has 0 aliphatic heterocycles. The summed E-state index contributed by atoms with van der Waals surface area (Å²) in [4.78, 5) is 0. The van der Waals surface area contributed by atoms with Gasteiger partial charge in [-0.1, -0.05) is 53.4 Å². The maximum atomic E-state index is 9.45. The van der Waals surface area contributed by atoms with Gasteiger partial charge in [-0.3, -0.25) is 0 Å². The second kappa shape index (κ2) is 9.57. The van der Waals surface area contributed by atoms with E-state index in [1.54, 1.807) is 0 Å². The fourth-order valence-corrected chi connectivity index (χ4v) is 2.99. The molecule has 0 radical (unpaired) electrons. The van der Waals surface area contributed by atoms with Gasteiger partial charge in [0, 0.05) is 0 Å². The van der Waals surface area contributed by atoms with Crippen LogP contribution in [0, 0.1) is 34.5 Å². The third-order valence-corrected chi connectivity index (χ3v) is 4.03. The molecule has 4 heteroatoms. The Kier molecular flexibility index (Phi) is 8.95. The maximum absolute atomic E-state index is 9.45. The van der Waals surface area contributed by atoms with Crippen LogP contribution in [0.3, 0.4) is 0 Å². The first-order chi connectivity index (χ1) is 10.2. The Morgan fingerprint density at radius 1 is 0.818 bits per heavy atom. The predicted molar refractivity (Wildman–Crippen MR) is 90.3 cm³/mol. The highest BCUT2D eigenvalue weighted by atomic mass is 15.2. The molecule has 0 aromatic rings. The van der Waals surface area contributed by atoms with Crippen molar-refractivity contribution in [2.24, 2.45) is 22.1 Å². The first kappa shape index (κ1) is 20.6. The fourth-order valence-electron chi connectivity index (χ4n) is 2.99. The van der Waals surface area contributed by atoms with Crippen LogP contribution in [0.15, 0.2) is 10.2 Å². The van der Waals surface area contributed by atoms with Gasteiger partial charge in [-0.25, -0.2) is 0 Å². The molecule has 0 saturated carbocycles. The number of azo groups is 1. The zero-order valence-electron chi connectivity index (χ0n) is 15.2. The molecule has 0 saturated heterocycles. The molecule has 0 bridgehead atoms. The van der Waals surface area contributed by atoms with Crippen LogP contribution in [-0.2, 0) is 0 Å². The van der Waals surface area contributed by atoms with Crippen molar-refractivity contribution in [2.45, 2.75) is 91.1 Å². The first-order valence-electron chi connectivity index (χ1n) is 8.50. The maximum Gasteiger partial charge on any atom is 0.165 e. The van der Waals surface area contributed by atoms with Gasteiger partial charge < -0.3 is 0 Å². The minimum absolute atomic E-state index is 0.431. The van der Waals surface area contributed by atoms with E-state index in [4.69, 9.17) is 0 Å². The van der Waals surface area contributed by atoms with Gasteiger partial charge in [0.1, 0.15) is 0 Å². The molecule has 0 heterocycles. The molecular formula is C18H32N4. The number of hydrogen-bond donors (Lipinski definition) is 0. The molecule has 0 N–H and O–H groups in total. The Hall–Kier alpha value is -1.42. The lowest BCUT2D eigenvalue weighted by molar-refractivity contribution is 0.351. The second-order valence-corrected chi connectivity index (χ2v) is 7.17. The summed E-state index contributed by atoms with van der Waals surface area (Å²) in [5, 5.41) is 27.5. The minimum atomic E-state index is -0.833. The predicted octanol–water partition coefficient (Wildman–Crippen LogP) is 5.66. The Morgan fingerprint density at radius 3 is 1.36 bits per heavy atom. The average molecular weight is 304 g/mol. The third-order valence-electron chi connectivity index (χ3n) is 4.03. The smallest absolute Gasteiger partial charge is 0.165 e. The summed E-state index contributed by atoms with van der Waals surface area (Å²) in [7, 11) is 0. The van der Waals surface area contributed by atoms with Crippen LogP contribution in [0.1, 0.15) is 80.1 Å². The van der Waals surface area contributed by atoms with E-state index in [0.29, 0.717) is 24.7 Å². The highest BCUT2D eigenvalue weighted by molar-refractivity contribution is 5.08. The molecular weight excluding hydrogens is 272 g/mol. The lowest BCUT2D eigenvalue weighted by Gasteiger charge is -2.24. The lowest BCUT2D eigenvalue weighted by Crippen LogP contribution is -2.27. The van der Waals surface area contributed by atoms with Crippen LogP contribution in [0.2, 0.25) is 0 Å². The first-order valence-corrected chi connectivity index (χ1v) is 8.50. The van der Waals surface area contributed by atoms with Crippen LogP contribution in [0.4, 0.5) is 0 Å². The average Bonchev–Trinajstić information content (AvgIpc) is 2.45. The normalized spacial score (nSPS) is 19.6. The van der Waals surface area contributed by atoms with Crippen molar-refractivity contribution in [3.63, 3.8) is 0 Å². The Bertz CT molecular complexity index is 391. The number of hydrogen-bond acceptors (Lipinski definition) is 4. The zero-order valence-corrected chi connectivity index (χ0v) is 15.2. The molecule has 0 rings (SSSR count). The number of rotatable bonds is 10. The lowest BCUT2D eigenvalue weighted by atomic mass is 9.88. The summed E-state index contributed by atoms with van der Waals surface area (Å²) in [5.74, 6) is 0.863.